The molecule has 2 N–H and O–H groups in total. The van der Waals surface area contributed by atoms with Crippen molar-refractivity contribution in [3.8, 4) is 0 Å². The molecule has 0 amide bonds. The van der Waals surface area contributed by atoms with Crippen LogP contribution in [-0.2, 0) is 6.42 Å². The molecule has 4 nitrogen and oxygen atoms in total. The van der Waals surface area contributed by atoms with Crippen LogP contribution in [-0.4, -0.2) is 22.9 Å². The van der Waals surface area contributed by atoms with Crippen molar-refractivity contribution in [3.63, 3.8) is 0 Å². The summed E-state index contributed by atoms with van der Waals surface area (Å²) >= 11 is 0. The Bertz CT molecular complexity index is 397. The van der Waals surface area contributed by atoms with Crippen LogP contribution in [0.5, 0.6) is 0 Å². The SMILES string of the molecule is NCC1CCC(c2nc(CCC(F)(F)F)no2)CC1. The lowest BCUT2D eigenvalue weighted by atomic mass is 9.82. The van der Waals surface area contributed by atoms with Gasteiger partial charge in [-0.15, -0.1) is 0 Å². The summed E-state index contributed by atoms with van der Waals surface area (Å²) in [6.45, 7) is 0.688. The van der Waals surface area contributed by atoms with E-state index in [-0.39, 0.29) is 18.2 Å². The van der Waals surface area contributed by atoms with Crippen LogP contribution < -0.4 is 5.73 Å². The molecular weight excluding hydrogens is 259 g/mol. The highest BCUT2D eigenvalue weighted by Crippen LogP contribution is 2.34. The maximum Gasteiger partial charge on any atom is 0.389 e. The van der Waals surface area contributed by atoms with Gasteiger partial charge in [-0.1, -0.05) is 5.16 Å². The van der Waals surface area contributed by atoms with Gasteiger partial charge in [0, 0.05) is 12.3 Å². The van der Waals surface area contributed by atoms with Crippen molar-refractivity contribution in [2.45, 2.75) is 50.6 Å². The number of aromatic nitrogens is 2. The molecule has 0 aliphatic heterocycles. The second kappa shape index (κ2) is 5.90. The van der Waals surface area contributed by atoms with Crippen LogP contribution in [0.3, 0.4) is 0 Å². The summed E-state index contributed by atoms with van der Waals surface area (Å²) in [4.78, 5) is 4.08. The topological polar surface area (TPSA) is 64.9 Å². The third-order valence-electron chi connectivity index (χ3n) is 3.65. The van der Waals surface area contributed by atoms with E-state index in [0.717, 1.165) is 25.7 Å². The summed E-state index contributed by atoms with van der Waals surface area (Å²) in [5.74, 6) is 1.35. The molecule has 1 aliphatic carbocycles. The molecule has 1 aromatic heterocycles. The molecule has 1 heterocycles. The smallest absolute Gasteiger partial charge is 0.339 e. The first-order valence-corrected chi connectivity index (χ1v) is 6.57. The monoisotopic (exact) mass is 277 g/mol. The van der Waals surface area contributed by atoms with Crippen molar-refractivity contribution in [2.24, 2.45) is 11.7 Å². The second-order valence-corrected chi connectivity index (χ2v) is 5.12. The van der Waals surface area contributed by atoms with Crippen molar-refractivity contribution in [2.75, 3.05) is 6.54 Å². The van der Waals surface area contributed by atoms with Crippen molar-refractivity contribution in [1.29, 1.82) is 0 Å². The van der Waals surface area contributed by atoms with Gasteiger partial charge >= 0.3 is 6.18 Å². The zero-order chi connectivity index (χ0) is 13.9. The normalized spacial score (nSPS) is 24.6. The van der Waals surface area contributed by atoms with Crippen molar-refractivity contribution in [3.05, 3.63) is 11.7 Å². The van der Waals surface area contributed by atoms with E-state index < -0.39 is 12.6 Å². The van der Waals surface area contributed by atoms with Crippen LogP contribution in [0.25, 0.3) is 0 Å². The minimum atomic E-state index is -4.18. The molecule has 1 aromatic rings. The zero-order valence-corrected chi connectivity index (χ0v) is 10.6. The molecule has 0 spiro atoms. The van der Waals surface area contributed by atoms with Crippen molar-refractivity contribution in [1.82, 2.24) is 10.1 Å². The maximum absolute atomic E-state index is 12.1. The molecule has 0 bridgehead atoms. The van der Waals surface area contributed by atoms with Crippen molar-refractivity contribution >= 4 is 0 Å². The number of nitrogens with two attached hydrogens (primary N) is 1. The molecule has 0 aromatic carbocycles. The molecule has 2 rings (SSSR count). The third kappa shape index (κ3) is 4.19. The van der Waals surface area contributed by atoms with E-state index in [1.807, 2.05) is 0 Å². The van der Waals surface area contributed by atoms with Crippen LogP contribution in [0.2, 0.25) is 0 Å². The van der Waals surface area contributed by atoms with E-state index in [9.17, 15) is 13.2 Å². The quantitative estimate of drug-likeness (QED) is 0.919. The summed E-state index contributed by atoms with van der Waals surface area (Å²) < 4.78 is 41.3. The average molecular weight is 277 g/mol. The van der Waals surface area contributed by atoms with E-state index in [4.69, 9.17) is 10.3 Å². The average Bonchev–Trinajstić information content (AvgIpc) is 2.84. The van der Waals surface area contributed by atoms with Gasteiger partial charge in [-0.2, -0.15) is 18.2 Å². The molecular formula is C12H18F3N3O. The van der Waals surface area contributed by atoms with Crippen LogP contribution in [0.1, 0.15) is 49.7 Å². The molecule has 108 valence electrons. The van der Waals surface area contributed by atoms with Crippen LogP contribution >= 0.6 is 0 Å². The number of hydrogen-bond acceptors (Lipinski definition) is 4. The summed E-state index contributed by atoms with van der Waals surface area (Å²) in [6.07, 6.45) is -1.44. The molecule has 0 saturated heterocycles. The van der Waals surface area contributed by atoms with E-state index in [0.29, 0.717) is 18.4 Å². The lowest BCUT2D eigenvalue weighted by Gasteiger charge is -2.24. The molecule has 0 unspecified atom stereocenters. The number of nitrogens with zero attached hydrogens (tertiary/aromatic N) is 2. The van der Waals surface area contributed by atoms with Crippen LogP contribution in [0.15, 0.2) is 4.52 Å². The van der Waals surface area contributed by atoms with Crippen LogP contribution in [0, 0.1) is 5.92 Å². The molecule has 7 heteroatoms. The lowest BCUT2D eigenvalue weighted by Crippen LogP contribution is -2.20. The van der Waals surface area contributed by atoms with Gasteiger partial charge in [-0.3, -0.25) is 0 Å². The fraction of sp³-hybridized carbons (Fsp3) is 0.833. The molecule has 1 fully saturated rings. The van der Waals surface area contributed by atoms with E-state index in [1.165, 1.54) is 0 Å². The van der Waals surface area contributed by atoms with Gasteiger partial charge in [-0.05, 0) is 38.1 Å². The highest BCUT2D eigenvalue weighted by Gasteiger charge is 2.29. The maximum atomic E-state index is 12.1. The summed E-state index contributed by atoms with van der Waals surface area (Å²) in [5.41, 5.74) is 5.61. The van der Waals surface area contributed by atoms with E-state index in [2.05, 4.69) is 10.1 Å². The Labute approximate surface area is 109 Å². The van der Waals surface area contributed by atoms with Gasteiger partial charge in [0.1, 0.15) is 0 Å². The number of aryl methyl sites for hydroxylation is 1. The van der Waals surface area contributed by atoms with E-state index >= 15 is 0 Å². The Hall–Kier alpha value is -1.11. The Morgan fingerprint density at radius 2 is 1.89 bits per heavy atom. The predicted molar refractivity (Wildman–Crippen MR) is 62.4 cm³/mol. The van der Waals surface area contributed by atoms with Gasteiger partial charge in [0.2, 0.25) is 5.89 Å². The first kappa shape index (κ1) is 14.3. The van der Waals surface area contributed by atoms with E-state index in [1.54, 1.807) is 0 Å². The second-order valence-electron chi connectivity index (χ2n) is 5.12. The fourth-order valence-corrected chi connectivity index (χ4v) is 2.43. The first-order chi connectivity index (χ1) is 8.98. The molecule has 0 radical (unpaired) electrons. The van der Waals surface area contributed by atoms with Gasteiger partial charge in [0.25, 0.3) is 0 Å². The minimum Gasteiger partial charge on any atom is -0.339 e. The summed E-state index contributed by atoms with van der Waals surface area (Å²) in [5, 5.41) is 3.62. The first-order valence-electron chi connectivity index (χ1n) is 6.57. The highest BCUT2D eigenvalue weighted by molar-refractivity contribution is 4.96. The third-order valence-corrected chi connectivity index (χ3v) is 3.65. The largest absolute Gasteiger partial charge is 0.389 e. The Morgan fingerprint density at radius 1 is 1.21 bits per heavy atom. The van der Waals surface area contributed by atoms with Gasteiger partial charge in [0.15, 0.2) is 5.82 Å². The number of halogens is 3. The minimum absolute atomic E-state index is 0.147. The van der Waals surface area contributed by atoms with Crippen LogP contribution in [0.4, 0.5) is 13.2 Å². The van der Waals surface area contributed by atoms with Gasteiger partial charge in [-0.25, -0.2) is 0 Å². The zero-order valence-electron chi connectivity index (χ0n) is 10.6. The predicted octanol–water partition coefficient (Wildman–Crippen LogP) is 2.80. The number of hydrogen-bond donors (Lipinski definition) is 1. The Balaban J connectivity index is 1.87. The van der Waals surface area contributed by atoms with Crippen molar-refractivity contribution < 1.29 is 17.7 Å². The molecule has 1 aliphatic rings. The Morgan fingerprint density at radius 3 is 2.47 bits per heavy atom. The number of rotatable bonds is 4. The Kier molecular flexibility index (Phi) is 4.44. The number of alkyl halides is 3. The summed E-state index contributed by atoms with van der Waals surface area (Å²) in [7, 11) is 0. The standard InChI is InChI=1S/C12H18F3N3O/c13-12(14,15)6-5-10-17-11(19-18-10)9-3-1-8(7-16)2-4-9/h8-9H,1-7,16H2. The highest BCUT2D eigenvalue weighted by atomic mass is 19.4. The molecule has 1 saturated carbocycles. The molecule has 0 atom stereocenters. The van der Waals surface area contributed by atoms with Gasteiger partial charge in [0.05, 0.1) is 6.42 Å². The lowest BCUT2D eigenvalue weighted by molar-refractivity contribution is -0.134. The summed E-state index contributed by atoms with van der Waals surface area (Å²) in [6, 6.07) is 0. The molecule has 19 heavy (non-hydrogen) atoms. The fourth-order valence-electron chi connectivity index (χ4n) is 2.43. The van der Waals surface area contributed by atoms with Gasteiger partial charge < -0.3 is 10.3 Å².